The summed E-state index contributed by atoms with van der Waals surface area (Å²) in [5.74, 6) is 0.565. The lowest BCUT2D eigenvalue weighted by Gasteiger charge is -2.16. The molecule has 6 heteroatoms. The Morgan fingerprint density at radius 3 is 2.23 bits per heavy atom. The van der Waals surface area contributed by atoms with Crippen LogP contribution in [0.4, 0.5) is 21.9 Å². The van der Waals surface area contributed by atoms with Crippen molar-refractivity contribution in [2.45, 2.75) is 54.4 Å². The molecule has 0 bridgehead atoms. The van der Waals surface area contributed by atoms with Crippen molar-refractivity contribution >= 4 is 34.8 Å². The molecule has 35 heavy (non-hydrogen) atoms. The number of carbonyl (C=O) groups excluding carboxylic acids is 2. The number of benzene rings is 3. The van der Waals surface area contributed by atoms with Gasteiger partial charge in [-0.05, 0) is 87.1 Å². The van der Waals surface area contributed by atoms with Gasteiger partial charge in [-0.25, -0.2) is 9.79 Å². The molecule has 0 saturated heterocycles. The number of aliphatic imine (C=N–C) groups is 1. The Bertz CT molecular complexity index is 1290. The van der Waals surface area contributed by atoms with Crippen LogP contribution in [0, 0.1) is 27.7 Å². The Hall–Kier alpha value is -3.93. The van der Waals surface area contributed by atoms with Crippen molar-refractivity contribution in [3.63, 3.8) is 0 Å². The van der Waals surface area contributed by atoms with E-state index in [2.05, 4.69) is 34.8 Å². The molecule has 0 fully saturated rings. The van der Waals surface area contributed by atoms with E-state index in [1.165, 1.54) is 0 Å². The third kappa shape index (κ3) is 6.57. The number of aryl methyl sites for hydroxylation is 4. The van der Waals surface area contributed by atoms with Crippen LogP contribution in [-0.4, -0.2) is 17.8 Å². The topological polar surface area (TPSA) is 82.6 Å². The summed E-state index contributed by atoms with van der Waals surface area (Å²) in [4.78, 5) is 29.9. The first kappa shape index (κ1) is 25.7. The van der Waals surface area contributed by atoms with E-state index in [0.717, 1.165) is 39.2 Å². The fourth-order valence-corrected chi connectivity index (χ4v) is 3.93. The molecule has 3 N–H and O–H groups in total. The first-order valence-corrected chi connectivity index (χ1v) is 11.8. The molecule has 0 unspecified atom stereocenters. The highest BCUT2D eigenvalue weighted by atomic mass is 16.2. The standard InChI is InChI=1S/C29H34N4O2/c1-17(2)24-10-8-9-19(4)27(24)33-29(35)31-22(7)30-25-14-12-23(16-21(25)6)28(34)32-26-13-11-18(3)15-20(26)5/h8-17H,1-7H3,(H,32,34)(H2,30,31,33,35). The minimum absolute atomic E-state index is 0.177. The van der Waals surface area contributed by atoms with Gasteiger partial charge in [0.25, 0.3) is 5.91 Å². The predicted octanol–water partition coefficient (Wildman–Crippen LogP) is 7.17. The van der Waals surface area contributed by atoms with E-state index in [0.29, 0.717) is 17.1 Å². The molecule has 0 aromatic heterocycles. The lowest BCUT2D eigenvalue weighted by Crippen LogP contribution is -2.33. The highest BCUT2D eigenvalue weighted by Crippen LogP contribution is 2.27. The lowest BCUT2D eigenvalue weighted by atomic mass is 9.98. The van der Waals surface area contributed by atoms with Gasteiger partial charge in [-0.1, -0.05) is 49.7 Å². The van der Waals surface area contributed by atoms with Crippen molar-refractivity contribution < 1.29 is 9.59 Å². The van der Waals surface area contributed by atoms with Crippen molar-refractivity contribution in [2.75, 3.05) is 10.6 Å². The van der Waals surface area contributed by atoms with Gasteiger partial charge < -0.3 is 10.6 Å². The maximum absolute atomic E-state index is 12.7. The number of anilines is 2. The molecule has 0 heterocycles. The summed E-state index contributed by atoms with van der Waals surface area (Å²) >= 11 is 0. The van der Waals surface area contributed by atoms with Crippen LogP contribution in [-0.2, 0) is 0 Å². The zero-order chi connectivity index (χ0) is 25.7. The minimum Gasteiger partial charge on any atom is -0.322 e. The molecule has 0 spiro atoms. The van der Waals surface area contributed by atoms with Gasteiger partial charge in [0, 0.05) is 16.9 Å². The molecular formula is C29H34N4O2. The van der Waals surface area contributed by atoms with Crippen LogP contribution in [0.25, 0.3) is 0 Å². The third-order valence-electron chi connectivity index (χ3n) is 5.84. The van der Waals surface area contributed by atoms with E-state index in [1.54, 1.807) is 25.1 Å². The van der Waals surface area contributed by atoms with Crippen LogP contribution in [0.3, 0.4) is 0 Å². The van der Waals surface area contributed by atoms with Gasteiger partial charge >= 0.3 is 6.03 Å². The number of rotatable bonds is 5. The van der Waals surface area contributed by atoms with E-state index in [4.69, 9.17) is 0 Å². The molecule has 0 aliphatic heterocycles. The van der Waals surface area contributed by atoms with Gasteiger partial charge in [0.15, 0.2) is 0 Å². The van der Waals surface area contributed by atoms with Crippen LogP contribution < -0.4 is 16.0 Å². The summed E-state index contributed by atoms with van der Waals surface area (Å²) in [7, 11) is 0. The lowest BCUT2D eigenvalue weighted by molar-refractivity contribution is 0.102. The molecular weight excluding hydrogens is 436 g/mol. The summed E-state index contributed by atoms with van der Waals surface area (Å²) in [6, 6.07) is 16.9. The van der Waals surface area contributed by atoms with Crippen LogP contribution in [0.2, 0.25) is 0 Å². The van der Waals surface area contributed by atoms with E-state index in [1.807, 2.05) is 64.1 Å². The van der Waals surface area contributed by atoms with Crippen molar-refractivity contribution in [3.8, 4) is 0 Å². The average molecular weight is 471 g/mol. The largest absolute Gasteiger partial charge is 0.324 e. The number of urea groups is 1. The monoisotopic (exact) mass is 470 g/mol. The highest BCUT2D eigenvalue weighted by Gasteiger charge is 2.13. The molecule has 3 aromatic carbocycles. The smallest absolute Gasteiger partial charge is 0.322 e. The van der Waals surface area contributed by atoms with Crippen LogP contribution >= 0.6 is 0 Å². The molecule has 0 saturated carbocycles. The maximum Gasteiger partial charge on any atom is 0.324 e. The molecule has 0 aliphatic rings. The number of nitrogens with one attached hydrogen (secondary N) is 3. The first-order chi connectivity index (χ1) is 16.5. The molecule has 6 nitrogen and oxygen atoms in total. The number of para-hydroxylation sites is 1. The van der Waals surface area contributed by atoms with Gasteiger partial charge in [0.1, 0.15) is 5.84 Å². The quantitative estimate of drug-likeness (QED) is 0.273. The second-order valence-electron chi connectivity index (χ2n) is 9.24. The number of hydrogen-bond acceptors (Lipinski definition) is 3. The second-order valence-corrected chi connectivity index (χ2v) is 9.24. The Labute approximate surface area is 207 Å². The zero-order valence-corrected chi connectivity index (χ0v) is 21.5. The molecule has 3 aromatic rings. The summed E-state index contributed by atoms with van der Waals surface area (Å²) in [6.07, 6.45) is 0. The van der Waals surface area contributed by atoms with E-state index >= 15 is 0 Å². The SMILES string of the molecule is CC(=Nc1ccc(C(=O)Nc2ccc(C)cc2C)cc1C)NC(=O)Nc1c(C)cccc1C(C)C. The highest BCUT2D eigenvalue weighted by molar-refractivity contribution is 6.06. The van der Waals surface area contributed by atoms with Crippen molar-refractivity contribution in [1.29, 1.82) is 0 Å². The molecule has 3 amide bonds. The van der Waals surface area contributed by atoms with Gasteiger partial charge in [0.05, 0.1) is 5.69 Å². The molecule has 0 atom stereocenters. The number of hydrogen-bond donors (Lipinski definition) is 3. The Balaban J connectivity index is 1.69. The second kappa shape index (κ2) is 11.0. The number of carbonyl (C=O) groups is 2. The zero-order valence-electron chi connectivity index (χ0n) is 21.5. The van der Waals surface area contributed by atoms with Gasteiger partial charge in [-0.3, -0.25) is 10.1 Å². The predicted molar refractivity (Wildman–Crippen MR) is 145 cm³/mol. The van der Waals surface area contributed by atoms with E-state index < -0.39 is 0 Å². The molecule has 182 valence electrons. The first-order valence-electron chi connectivity index (χ1n) is 11.8. The summed E-state index contributed by atoms with van der Waals surface area (Å²) in [5, 5.41) is 8.73. The van der Waals surface area contributed by atoms with Crippen molar-refractivity contribution in [3.05, 3.63) is 88.0 Å². The van der Waals surface area contributed by atoms with Gasteiger partial charge in [0.2, 0.25) is 0 Å². The maximum atomic E-state index is 12.7. The number of amidine groups is 1. The van der Waals surface area contributed by atoms with Crippen LogP contribution in [0.1, 0.15) is 64.9 Å². The van der Waals surface area contributed by atoms with E-state index in [9.17, 15) is 9.59 Å². The number of amides is 3. The summed E-state index contributed by atoms with van der Waals surface area (Å²) < 4.78 is 0. The van der Waals surface area contributed by atoms with Crippen LogP contribution in [0.5, 0.6) is 0 Å². The fourth-order valence-electron chi connectivity index (χ4n) is 3.93. The third-order valence-corrected chi connectivity index (χ3v) is 5.84. The normalized spacial score (nSPS) is 11.4. The summed E-state index contributed by atoms with van der Waals surface area (Å²) in [6.45, 7) is 13.8. The molecule has 0 aliphatic carbocycles. The summed E-state index contributed by atoms with van der Waals surface area (Å²) in [5.41, 5.74) is 7.93. The van der Waals surface area contributed by atoms with Gasteiger partial charge in [-0.2, -0.15) is 0 Å². The Kier molecular flexibility index (Phi) is 8.07. The minimum atomic E-state index is -0.343. The van der Waals surface area contributed by atoms with Gasteiger partial charge in [-0.15, -0.1) is 0 Å². The Morgan fingerprint density at radius 2 is 1.57 bits per heavy atom. The fraction of sp³-hybridized carbons (Fsp3) is 0.276. The van der Waals surface area contributed by atoms with Crippen molar-refractivity contribution in [1.82, 2.24) is 5.32 Å². The molecule has 0 radical (unpaired) electrons. The van der Waals surface area contributed by atoms with E-state index in [-0.39, 0.29) is 17.9 Å². The average Bonchev–Trinajstić information content (AvgIpc) is 2.78. The van der Waals surface area contributed by atoms with Crippen LogP contribution in [0.15, 0.2) is 59.6 Å². The molecule has 3 rings (SSSR count). The van der Waals surface area contributed by atoms with Crippen molar-refractivity contribution in [2.24, 2.45) is 4.99 Å². The number of nitrogens with zero attached hydrogens (tertiary/aromatic N) is 1. The Morgan fingerprint density at radius 1 is 0.829 bits per heavy atom.